The topological polar surface area (TPSA) is 44.8 Å². The van der Waals surface area contributed by atoms with Gasteiger partial charge in [-0.15, -0.1) is 0 Å². The summed E-state index contributed by atoms with van der Waals surface area (Å²) in [6.07, 6.45) is -0.482. The molecule has 0 amide bonds. The maximum Gasteiger partial charge on any atom is 0.353 e. The zero-order chi connectivity index (χ0) is 18.3. The van der Waals surface area contributed by atoms with Crippen LogP contribution in [0.2, 0.25) is 18.1 Å². The average Bonchev–Trinajstić information content (AvgIpc) is 2.71. The standard InChI is InChI=1S/C18H27BrO4Si/c1-8-21-16(20)18(5)15(23-24(6,7)17(2,3)4)13-11-12(19)9-10-14(13)22-18/h9-11,15H,8H2,1-7H3. The molecule has 1 aliphatic heterocycles. The van der Waals surface area contributed by atoms with Gasteiger partial charge in [-0.1, -0.05) is 36.7 Å². The van der Waals surface area contributed by atoms with E-state index >= 15 is 0 Å². The first-order chi connectivity index (χ1) is 10.9. The summed E-state index contributed by atoms with van der Waals surface area (Å²) in [5, 5.41) is 0.0251. The lowest BCUT2D eigenvalue weighted by atomic mass is 9.96. The van der Waals surface area contributed by atoms with Gasteiger partial charge in [-0.05, 0) is 50.2 Å². The van der Waals surface area contributed by atoms with Crippen LogP contribution in [0.1, 0.15) is 46.3 Å². The summed E-state index contributed by atoms with van der Waals surface area (Å²) >= 11 is 3.50. The van der Waals surface area contributed by atoms with Gasteiger partial charge in [0.15, 0.2) is 8.32 Å². The van der Waals surface area contributed by atoms with Crippen molar-refractivity contribution in [1.82, 2.24) is 0 Å². The van der Waals surface area contributed by atoms with Crippen molar-refractivity contribution in [2.75, 3.05) is 6.61 Å². The fourth-order valence-electron chi connectivity index (χ4n) is 2.47. The minimum Gasteiger partial charge on any atom is -0.472 e. The van der Waals surface area contributed by atoms with Crippen LogP contribution in [0.3, 0.4) is 0 Å². The Morgan fingerprint density at radius 2 is 2.00 bits per heavy atom. The van der Waals surface area contributed by atoms with E-state index in [1.165, 1.54) is 0 Å². The van der Waals surface area contributed by atoms with Gasteiger partial charge in [0.05, 0.1) is 6.61 Å². The van der Waals surface area contributed by atoms with Gasteiger partial charge in [0, 0.05) is 10.0 Å². The number of rotatable bonds is 4. The van der Waals surface area contributed by atoms with Crippen molar-refractivity contribution < 1.29 is 18.7 Å². The smallest absolute Gasteiger partial charge is 0.353 e. The van der Waals surface area contributed by atoms with Gasteiger partial charge in [-0.2, -0.15) is 0 Å². The van der Waals surface area contributed by atoms with Crippen LogP contribution in [0.4, 0.5) is 0 Å². The number of fused-ring (bicyclic) bond motifs is 1. The van der Waals surface area contributed by atoms with E-state index in [0.717, 1.165) is 10.0 Å². The highest BCUT2D eigenvalue weighted by Gasteiger charge is 2.55. The highest BCUT2D eigenvalue weighted by molar-refractivity contribution is 9.10. The van der Waals surface area contributed by atoms with Crippen LogP contribution >= 0.6 is 15.9 Å². The molecule has 1 heterocycles. The lowest BCUT2D eigenvalue weighted by Crippen LogP contribution is -2.51. The monoisotopic (exact) mass is 414 g/mol. The molecule has 0 aliphatic carbocycles. The molecule has 134 valence electrons. The summed E-state index contributed by atoms with van der Waals surface area (Å²) in [4.78, 5) is 12.6. The van der Waals surface area contributed by atoms with E-state index in [4.69, 9.17) is 13.9 Å². The first-order valence-electron chi connectivity index (χ1n) is 8.26. The molecule has 0 radical (unpaired) electrons. The van der Waals surface area contributed by atoms with E-state index in [9.17, 15) is 4.79 Å². The van der Waals surface area contributed by atoms with E-state index < -0.39 is 20.0 Å². The molecule has 0 aromatic heterocycles. The summed E-state index contributed by atoms with van der Waals surface area (Å²) in [7, 11) is -2.12. The predicted molar refractivity (Wildman–Crippen MR) is 101 cm³/mol. The Kier molecular flexibility index (Phi) is 5.24. The molecule has 1 aromatic carbocycles. The maximum atomic E-state index is 12.6. The van der Waals surface area contributed by atoms with Crippen LogP contribution in [-0.2, 0) is 14.0 Å². The summed E-state index contributed by atoms with van der Waals surface area (Å²) in [6, 6.07) is 5.74. The van der Waals surface area contributed by atoms with Gasteiger partial charge >= 0.3 is 5.97 Å². The number of carbonyl (C=O) groups excluding carboxylic acids is 1. The second-order valence-corrected chi connectivity index (χ2v) is 13.5. The van der Waals surface area contributed by atoms with E-state index in [1.807, 2.05) is 18.2 Å². The van der Waals surface area contributed by atoms with Crippen molar-refractivity contribution >= 4 is 30.2 Å². The number of hydrogen-bond donors (Lipinski definition) is 0. The van der Waals surface area contributed by atoms with Crippen molar-refractivity contribution in [3.63, 3.8) is 0 Å². The maximum absolute atomic E-state index is 12.6. The van der Waals surface area contributed by atoms with Gasteiger partial charge in [0.25, 0.3) is 0 Å². The van der Waals surface area contributed by atoms with E-state index in [1.54, 1.807) is 13.8 Å². The number of halogens is 1. The first-order valence-corrected chi connectivity index (χ1v) is 12.0. The Balaban J connectivity index is 2.49. The molecule has 0 spiro atoms. The van der Waals surface area contributed by atoms with E-state index in [2.05, 4.69) is 49.8 Å². The molecule has 24 heavy (non-hydrogen) atoms. The molecule has 1 aliphatic rings. The fourth-order valence-corrected chi connectivity index (χ4v) is 4.14. The number of ether oxygens (including phenoxy) is 2. The van der Waals surface area contributed by atoms with Gasteiger partial charge in [0.2, 0.25) is 5.60 Å². The van der Waals surface area contributed by atoms with Crippen molar-refractivity contribution in [1.29, 1.82) is 0 Å². The number of hydrogen-bond acceptors (Lipinski definition) is 4. The SMILES string of the molecule is CCOC(=O)C1(C)Oc2ccc(Br)cc2C1O[Si](C)(C)C(C)(C)C. The molecule has 4 nitrogen and oxygen atoms in total. The zero-order valence-electron chi connectivity index (χ0n) is 15.5. The second kappa shape index (κ2) is 6.46. The van der Waals surface area contributed by atoms with Crippen molar-refractivity contribution in [2.45, 2.75) is 64.5 Å². The quantitative estimate of drug-likeness (QED) is 0.499. The summed E-state index contributed by atoms with van der Waals surface area (Å²) in [6.45, 7) is 14.8. The third-order valence-corrected chi connectivity index (χ3v) is 9.91. The van der Waals surface area contributed by atoms with Gasteiger partial charge in [0.1, 0.15) is 11.9 Å². The van der Waals surface area contributed by atoms with Gasteiger partial charge in [-0.3, -0.25) is 0 Å². The first kappa shape index (κ1) is 19.5. The lowest BCUT2D eigenvalue weighted by Gasteiger charge is -2.41. The lowest BCUT2D eigenvalue weighted by molar-refractivity contribution is -0.166. The average molecular weight is 415 g/mol. The molecule has 2 atom stereocenters. The normalized spacial score (nSPS) is 23.6. The summed E-state index contributed by atoms with van der Waals surface area (Å²) in [5.74, 6) is 0.290. The molecule has 0 N–H and O–H groups in total. The number of benzene rings is 1. The molecule has 1 aromatic rings. The Morgan fingerprint density at radius 1 is 1.38 bits per heavy atom. The minimum absolute atomic E-state index is 0.0251. The molecular weight excluding hydrogens is 388 g/mol. The van der Waals surface area contributed by atoms with Gasteiger partial charge in [-0.25, -0.2) is 4.79 Å². The highest BCUT2D eigenvalue weighted by atomic mass is 79.9. The minimum atomic E-state index is -2.12. The molecule has 2 unspecified atom stereocenters. The van der Waals surface area contributed by atoms with Gasteiger partial charge < -0.3 is 13.9 Å². The molecule has 6 heteroatoms. The van der Waals surface area contributed by atoms with E-state index in [-0.39, 0.29) is 11.0 Å². The van der Waals surface area contributed by atoms with Crippen molar-refractivity contribution in [2.24, 2.45) is 0 Å². The molecule has 2 rings (SSSR count). The van der Waals surface area contributed by atoms with Crippen LogP contribution in [-0.4, -0.2) is 26.5 Å². The molecule has 0 fully saturated rings. The van der Waals surface area contributed by atoms with Crippen LogP contribution < -0.4 is 4.74 Å². The second-order valence-electron chi connectivity index (χ2n) is 7.87. The third kappa shape index (κ3) is 3.41. The molecule has 0 saturated carbocycles. The third-order valence-electron chi connectivity index (χ3n) is 4.98. The van der Waals surface area contributed by atoms with Crippen LogP contribution in [0.25, 0.3) is 0 Å². The number of carbonyl (C=O) groups is 1. The highest BCUT2D eigenvalue weighted by Crippen LogP contribution is 2.50. The Morgan fingerprint density at radius 3 is 2.54 bits per heavy atom. The summed E-state index contributed by atoms with van der Waals surface area (Å²) < 4.78 is 18.9. The predicted octanol–water partition coefficient (Wildman–Crippen LogP) is 5.23. The van der Waals surface area contributed by atoms with Crippen LogP contribution in [0.15, 0.2) is 22.7 Å². The summed E-state index contributed by atoms with van der Waals surface area (Å²) in [5.41, 5.74) is -0.279. The fraction of sp³-hybridized carbons (Fsp3) is 0.611. The van der Waals surface area contributed by atoms with E-state index in [0.29, 0.717) is 12.4 Å². The Labute approximate surface area is 154 Å². The Bertz CT molecular complexity index is 638. The largest absolute Gasteiger partial charge is 0.472 e. The van der Waals surface area contributed by atoms with Crippen molar-refractivity contribution in [3.8, 4) is 5.75 Å². The molecular formula is C18H27BrO4Si. The zero-order valence-corrected chi connectivity index (χ0v) is 18.1. The number of esters is 1. The van der Waals surface area contributed by atoms with Crippen LogP contribution in [0.5, 0.6) is 5.75 Å². The van der Waals surface area contributed by atoms with Crippen LogP contribution in [0, 0.1) is 0 Å². The molecule has 0 bridgehead atoms. The Hall–Kier alpha value is -0.853. The van der Waals surface area contributed by atoms with Crippen molar-refractivity contribution in [3.05, 3.63) is 28.2 Å². The molecule has 0 saturated heterocycles.